The Morgan fingerprint density at radius 2 is 1.90 bits per heavy atom. The molecule has 3 nitrogen and oxygen atoms in total. The standard InChI is InChI=1S/C15H12ClIO3/c1-19-13-7-11(15(16)18)12(17)8-14(13)20-9-10-5-3-2-4-6-10/h2-8H,9H2,1H3. The number of halogens is 2. The Labute approximate surface area is 136 Å². The second kappa shape index (κ2) is 6.95. The van der Waals surface area contributed by atoms with Gasteiger partial charge >= 0.3 is 0 Å². The fourth-order valence-corrected chi connectivity index (χ4v) is 2.69. The van der Waals surface area contributed by atoms with Crippen molar-refractivity contribution in [3.63, 3.8) is 0 Å². The normalized spacial score (nSPS) is 10.2. The Hall–Kier alpha value is -1.27. The number of ether oxygens (including phenoxy) is 2. The van der Waals surface area contributed by atoms with Crippen molar-refractivity contribution < 1.29 is 14.3 Å². The van der Waals surface area contributed by atoms with E-state index >= 15 is 0 Å². The first-order valence-electron chi connectivity index (χ1n) is 5.86. The summed E-state index contributed by atoms with van der Waals surface area (Å²) in [6.07, 6.45) is 0. The van der Waals surface area contributed by atoms with Crippen LogP contribution in [0.1, 0.15) is 15.9 Å². The van der Waals surface area contributed by atoms with Crippen LogP contribution in [0.4, 0.5) is 0 Å². The van der Waals surface area contributed by atoms with Crippen LogP contribution >= 0.6 is 34.2 Å². The van der Waals surface area contributed by atoms with Gasteiger partial charge in [-0.15, -0.1) is 0 Å². The highest BCUT2D eigenvalue weighted by Crippen LogP contribution is 2.32. The molecule has 20 heavy (non-hydrogen) atoms. The first kappa shape index (κ1) is 15.1. The van der Waals surface area contributed by atoms with Crippen molar-refractivity contribution >= 4 is 39.4 Å². The second-order valence-corrected chi connectivity index (χ2v) is 5.54. The van der Waals surface area contributed by atoms with E-state index in [1.165, 1.54) is 7.11 Å². The van der Waals surface area contributed by atoms with Gasteiger partial charge in [0.15, 0.2) is 11.5 Å². The van der Waals surface area contributed by atoms with E-state index < -0.39 is 5.24 Å². The topological polar surface area (TPSA) is 35.5 Å². The zero-order valence-electron chi connectivity index (χ0n) is 10.7. The van der Waals surface area contributed by atoms with Gasteiger partial charge in [0.05, 0.1) is 12.7 Å². The minimum atomic E-state index is -0.512. The minimum Gasteiger partial charge on any atom is -0.493 e. The average Bonchev–Trinajstić information content (AvgIpc) is 2.46. The summed E-state index contributed by atoms with van der Waals surface area (Å²) in [6, 6.07) is 13.2. The molecule has 0 aliphatic carbocycles. The third-order valence-corrected chi connectivity index (χ3v) is 3.80. The molecule has 0 saturated carbocycles. The SMILES string of the molecule is COc1cc(C(=O)Cl)c(I)cc1OCc1ccccc1. The van der Waals surface area contributed by atoms with E-state index in [4.69, 9.17) is 21.1 Å². The summed E-state index contributed by atoms with van der Waals surface area (Å²) in [5, 5.41) is -0.512. The van der Waals surface area contributed by atoms with Crippen molar-refractivity contribution in [3.05, 3.63) is 57.2 Å². The van der Waals surface area contributed by atoms with E-state index in [9.17, 15) is 4.79 Å². The number of hydrogen-bond acceptors (Lipinski definition) is 3. The van der Waals surface area contributed by atoms with Gasteiger partial charge in [-0.3, -0.25) is 4.79 Å². The van der Waals surface area contributed by atoms with Crippen LogP contribution in [-0.2, 0) is 6.61 Å². The molecular formula is C15H12ClIO3. The van der Waals surface area contributed by atoms with Gasteiger partial charge in [-0.25, -0.2) is 0 Å². The molecule has 2 aromatic carbocycles. The van der Waals surface area contributed by atoms with Crippen LogP contribution in [0.3, 0.4) is 0 Å². The summed E-state index contributed by atoms with van der Waals surface area (Å²) in [4.78, 5) is 11.3. The molecule has 0 amide bonds. The van der Waals surface area contributed by atoms with Gasteiger partial charge in [-0.1, -0.05) is 30.3 Å². The maximum Gasteiger partial charge on any atom is 0.253 e. The van der Waals surface area contributed by atoms with Crippen molar-refractivity contribution in [1.82, 2.24) is 0 Å². The summed E-state index contributed by atoms with van der Waals surface area (Å²) in [5.41, 5.74) is 1.47. The lowest BCUT2D eigenvalue weighted by Gasteiger charge is -2.12. The molecule has 5 heteroatoms. The van der Waals surface area contributed by atoms with Crippen molar-refractivity contribution in [2.45, 2.75) is 6.61 Å². The van der Waals surface area contributed by atoms with E-state index in [1.54, 1.807) is 12.1 Å². The maximum absolute atomic E-state index is 11.3. The molecular weight excluding hydrogens is 391 g/mol. The molecule has 104 valence electrons. The van der Waals surface area contributed by atoms with Crippen LogP contribution in [0.2, 0.25) is 0 Å². The average molecular weight is 403 g/mol. The number of methoxy groups -OCH3 is 1. The summed E-state index contributed by atoms with van der Waals surface area (Å²) in [5.74, 6) is 1.08. The van der Waals surface area contributed by atoms with Crippen LogP contribution in [0.5, 0.6) is 11.5 Å². The van der Waals surface area contributed by atoms with Crippen molar-refractivity contribution in [2.24, 2.45) is 0 Å². The van der Waals surface area contributed by atoms with Gasteiger partial charge in [0.1, 0.15) is 6.61 Å². The molecule has 0 aliphatic rings. The third kappa shape index (κ3) is 3.64. The number of carbonyl (C=O) groups excluding carboxylic acids is 1. The van der Waals surface area contributed by atoms with E-state index in [0.29, 0.717) is 23.7 Å². The Balaban J connectivity index is 2.23. The first-order chi connectivity index (χ1) is 9.61. The van der Waals surface area contributed by atoms with Crippen LogP contribution in [0.15, 0.2) is 42.5 Å². The van der Waals surface area contributed by atoms with Gasteiger partial charge < -0.3 is 9.47 Å². The monoisotopic (exact) mass is 402 g/mol. The minimum absolute atomic E-state index is 0.413. The molecule has 0 spiro atoms. The molecule has 2 aromatic rings. The fraction of sp³-hybridized carbons (Fsp3) is 0.133. The highest BCUT2D eigenvalue weighted by Gasteiger charge is 2.14. The molecule has 0 radical (unpaired) electrons. The Kier molecular flexibility index (Phi) is 5.25. The van der Waals surface area contributed by atoms with Crippen LogP contribution in [0, 0.1) is 3.57 Å². The lowest BCUT2D eigenvalue weighted by atomic mass is 10.2. The molecule has 0 N–H and O–H groups in total. The van der Waals surface area contributed by atoms with E-state index in [-0.39, 0.29) is 0 Å². The molecule has 0 aromatic heterocycles. The maximum atomic E-state index is 11.3. The smallest absolute Gasteiger partial charge is 0.253 e. The number of hydrogen-bond donors (Lipinski definition) is 0. The van der Waals surface area contributed by atoms with Crippen LogP contribution in [-0.4, -0.2) is 12.4 Å². The lowest BCUT2D eigenvalue weighted by molar-refractivity contribution is 0.108. The number of benzene rings is 2. The van der Waals surface area contributed by atoms with E-state index in [0.717, 1.165) is 9.13 Å². The molecule has 0 heterocycles. The van der Waals surface area contributed by atoms with Crippen LogP contribution < -0.4 is 9.47 Å². The third-order valence-electron chi connectivity index (χ3n) is 2.70. The highest BCUT2D eigenvalue weighted by molar-refractivity contribution is 14.1. The van der Waals surface area contributed by atoms with Crippen LogP contribution in [0.25, 0.3) is 0 Å². The van der Waals surface area contributed by atoms with Gasteiger partial charge in [-0.2, -0.15) is 0 Å². The molecule has 0 fully saturated rings. The van der Waals surface area contributed by atoms with Crippen molar-refractivity contribution in [3.8, 4) is 11.5 Å². The van der Waals surface area contributed by atoms with E-state index in [1.807, 2.05) is 52.9 Å². The molecule has 2 rings (SSSR count). The second-order valence-electron chi connectivity index (χ2n) is 4.03. The van der Waals surface area contributed by atoms with Gasteiger partial charge in [0.2, 0.25) is 0 Å². The summed E-state index contributed by atoms with van der Waals surface area (Å²) < 4.78 is 11.7. The molecule has 0 unspecified atom stereocenters. The van der Waals surface area contributed by atoms with Gasteiger partial charge in [0, 0.05) is 3.57 Å². The predicted octanol–water partition coefficient (Wildman–Crippen LogP) is 4.26. The largest absolute Gasteiger partial charge is 0.493 e. The molecule has 0 aliphatic heterocycles. The quantitative estimate of drug-likeness (QED) is 0.554. The fourth-order valence-electron chi connectivity index (χ4n) is 1.69. The zero-order valence-corrected chi connectivity index (χ0v) is 13.6. The van der Waals surface area contributed by atoms with Gasteiger partial charge in [0.25, 0.3) is 5.24 Å². The number of carbonyl (C=O) groups is 1. The molecule has 0 saturated heterocycles. The van der Waals surface area contributed by atoms with Gasteiger partial charge in [-0.05, 0) is 51.9 Å². The summed E-state index contributed by atoms with van der Waals surface area (Å²) in [6.45, 7) is 0.432. The van der Waals surface area contributed by atoms with E-state index in [2.05, 4.69) is 0 Å². The summed E-state index contributed by atoms with van der Waals surface area (Å²) in [7, 11) is 1.53. The van der Waals surface area contributed by atoms with Crippen molar-refractivity contribution in [1.29, 1.82) is 0 Å². The lowest BCUT2D eigenvalue weighted by Crippen LogP contribution is -2.01. The Morgan fingerprint density at radius 3 is 2.50 bits per heavy atom. The highest BCUT2D eigenvalue weighted by atomic mass is 127. The molecule has 0 bridgehead atoms. The zero-order chi connectivity index (χ0) is 14.5. The predicted molar refractivity (Wildman–Crippen MR) is 86.7 cm³/mol. The number of rotatable bonds is 5. The first-order valence-corrected chi connectivity index (χ1v) is 7.31. The Bertz CT molecular complexity index is 614. The molecule has 0 atom stereocenters. The Morgan fingerprint density at radius 1 is 1.20 bits per heavy atom. The summed E-state index contributed by atoms with van der Waals surface area (Å²) >= 11 is 7.57. The van der Waals surface area contributed by atoms with Crippen molar-refractivity contribution in [2.75, 3.05) is 7.11 Å².